The van der Waals surface area contributed by atoms with Crippen molar-refractivity contribution in [3.8, 4) is 5.75 Å². The summed E-state index contributed by atoms with van der Waals surface area (Å²) >= 11 is 0. The molecule has 1 nitrogen and oxygen atoms in total. The third-order valence-corrected chi connectivity index (χ3v) is 1.34. The van der Waals surface area contributed by atoms with Crippen LogP contribution in [0.15, 0.2) is 18.2 Å². The van der Waals surface area contributed by atoms with Gasteiger partial charge in [-0.1, -0.05) is 6.07 Å². The fourth-order valence-corrected chi connectivity index (χ4v) is 0.780. The van der Waals surface area contributed by atoms with Crippen molar-refractivity contribution in [3.63, 3.8) is 0 Å². The van der Waals surface area contributed by atoms with Crippen LogP contribution in [0.3, 0.4) is 0 Å². The minimum atomic E-state index is -5.17. The fourth-order valence-electron chi connectivity index (χ4n) is 0.780. The molecule has 0 radical (unpaired) electrons. The Kier molecular flexibility index (Phi) is 6.34. The molecule has 0 heterocycles. The van der Waals surface area contributed by atoms with Crippen LogP contribution in [0, 0.1) is 11.6 Å². The van der Waals surface area contributed by atoms with E-state index in [0.717, 1.165) is 18.2 Å². The number of ether oxygens (including phenoxy) is 1. The predicted octanol–water partition coefficient (Wildman–Crippen LogP) is -0.266. The van der Waals surface area contributed by atoms with Gasteiger partial charge in [0.05, 0.1) is 6.51 Å². The van der Waals surface area contributed by atoms with Crippen LogP contribution >= 0.6 is 0 Å². The van der Waals surface area contributed by atoms with Gasteiger partial charge in [-0.25, -0.2) is 4.39 Å². The molecule has 0 atom stereocenters. The fraction of sp³-hybridized carbons (Fsp3) is 0.143. The second kappa shape index (κ2) is 6.19. The SMILES string of the molecule is Fc1cccc(OC[B-](F)(F)F)c1F.[K+]. The van der Waals surface area contributed by atoms with Crippen molar-refractivity contribution in [1.82, 2.24) is 0 Å². The molecule has 0 aromatic heterocycles. The molecule has 0 spiro atoms. The summed E-state index contributed by atoms with van der Waals surface area (Å²) in [6.07, 6.45) is 0. The second-order valence-corrected chi connectivity index (χ2v) is 2.57. The first-order valence-corrected chi connectivity index (χ1v) is 3.68. The average Bonchev–Trinajstić information content (AvgIpc) is 2.06. The first-order chi connectivity index (χ1) is 6.40. The van der Waals surface area contributed by atoms with Crippen molar-refractivity contribution in [2.45, 2.75) is 0 Å². The molecule has 8 heteroatoms. The third-order valence-electron chi connectivity index (χ3n) is 1.34. The van der Waals surface area contributed by atoms with Gasteiger partial charge in [0.15, 0.2) is 17.4 Å². The Balaban J connectivity index is 0.00000196. The maximum Gasteiger partial charge on any atom is 1.00 e. The molecule has 0 unspecified atom stereocenters. The maximum absolute atomic E-state index is 12.7. The van der Waals surface area contributed by atoms with Gasteiger partial charge in [0.25, 0.3) is 0 Å². The summed E-state index contributed by atoms with van der Waals surface area (Å²) in [4.78, 5) is 0. The van der Waals surface area contributed by atoms with Gasteiger partial charge in [0.2, 0.25) is 0 Å². The molecule has 0 bridgehead atoms. The summed E-state index contributed by atoms with van der Waals surface area (Å²) < 4.78 is 64.3. The van der Waals surface area contributed by atoms with E-state index in [4.69, 9.17) is 0 Å². The van der Waals surface area contributed by atoms with E-state index in [1.54, 1.807) is 0 Å². The van der Waals surface area contributed by atoms with E-state index in [1.165, 1.54) is 0 Å². The molecular weight excluding hydrogens is 245 g/mol. The predicted molar refractivity (Wildman–Crippen MR) is 40.9 cm³/mol. The van der Waals surface area contributed by atoms with Gasteiger partial charge in [-0.3, -0.25) is 0 Å². The summed E-state index contributed by atoms with van der Waals surface area (Å²) in [5.41, 5.74) is 0. The van der Waals surface area contributed by atoms with Crippen molar-refractivity contribution in [2.75, 3.05) is 6.51 Å². The quantitative estimate of drug-likeness (QED) is 0.530. The van der Waals surface area contributed by atoms with Crippen LogP contribution in [-0.2, 0) is 0 Å². The molecular formula is C7H5BF5KO. The van der Waals surface area contributed by atoms with E-state index in [9.17, 15) is 21.7 Å². The van der Waals surface area contributed by atoms with E-state index in [2.05, 4.69) is 4.74 Å². The zero-order valence-corrected chi connectivity index (χ0v) is 10.9. The third kappa shape index (κ3) is 5.30. The smallest absolute Gasteiger partial charge is 0.519 e. The monoisotopic (exact) mass is 250 g/mol. The molecule has 0 amide bonds. The largest absolute Gasteiger partial charge is 1.00 e. The van der Waals surface area contributed by atoms with Crippen molar-refractivity contribution in [1.29, 1.82) is 0 Å². The summed E-state index contributed by atoms with van der Waals surface area (Å²) in [6, 6.07) is 2.79. The standard InChI is InChI=1S/C7H5BF5O.K/c9-5-2-1-3-6(7(5)10)14-4-8(11,12)13;/h1-3H,4H2;/q-1;+1. The van der Waals surface area contributed by atoms with E-state index < -0.39 is 30.9 Å². The van der Waals surface area contributed by atoms with E-state index in [-0.39, 0.29) is 51.4 Å². The van der Waals surface area contributed by atoms with Crippen LogP contribution in [0.4, 0.5) is 21.7 Å². The molecule has 1 rings (SSSR count). The number of hydrogen-bond donors (Lipinski definition) is 0. The summed E-state index contributed by atoms with van der Waals surface area (Å²) in [5, 5.41) is 0. The van der Waals surface area contributed by atoms with Gasteiger partial charge in [-0.2, -0.15) is 4.39 Å². The molecule has 0 saturated carbocycles. The summed E-state index contributed by atoms with van der Waals surface area (Å²) in [5.74, 6) is -3.38. The van der Waals surface area contributed by atoms with Crippen LogP contribution in [-0.4, -0.2) is 13.5 Å². The minimum Gasteiger partial charge on any atom is -0.519 e. The Morgan fingerprint density at radius 3 is 2.27 bits per heavy atom. The number of halogens is 5. The number of hydrogen-bond acceptors (Lipinski definition) is 1. The molecule has 1 aromatic rings. The van der Waals surface area contributed by atoms with Gasteiger partial charge in [0.1, 0.15) is 0 Å². The normalized spacial score (nSPS) is 10.7. The molecule has 1 aromatic carbocycles. The van der Waals surface area contributed by atoms with Crippen molar-refractivity contribution < 1.29 is 77.8 Å². The second-order valence-electron chi connectivity index (χ2n) is 2.57. The Morgan fingerprint density at radius 2 is 1.73 bits per heavy atom. The molecule has 0 aliphatic carbocycles. The first kappa shape index (κ1) is 15.4. The van der Waals surface area contributed by atoms with Crippen molar-refractivity contribution in [2.24, 2.45) is 0 Å². The van der Waals surface area contributed by atoms with E-state index in [1.807, 2.05) is 0 Å². The average molecular weight is 250 g/mol. The Hall–Kier alpha value is 0.371. The molecule has 0 N–H and O–H groups in total. The van der Waals surface area contributed by atoms with Crippen LogP contribution in [0.5, 0.6) is 5.75 Å². The van der Waals surface area contributed by atoms with Crippen LogP contribution in [0.2, 0.25) is 0 Å². The summed E-state index contributed by atoms with van der Waals surface area (Å²) in [6.45, 7) is -6.75. The Labute approximate surface area is 125 Å². The zero-order valence-electron chi connectivity index (χ0n) is 7.81. The van der Waals surface area contributed by atoms with Gasteiger partial charge in [-0.05, 0) is 12.1 Å². The Morgan fingerprint density at radius 1 is 1.13 bits per heavy atom. The van der Waals surface area contributed by atoms with Crippen LogP contribution in [0.25, 0.3) is 0 Å². The van der Waals surface area contributed by atoms with Crippen molar-refractivity contribution >= 4 is 6.98 Å². The van der Waals surface area contributed by atoms with Gasteiger partial charge < -0.3 is 17.7 Å². The van der Waals surface area contributed by atoms with Crippen LogP contribution in [0.1, 0.15) is 0 Å². The van der Waals surface area contributed by atoms with E-state index >= 15 is 0 Å². The molecule has 0 aliphatic heterocycles. The topological polar surface area (TPSA) is 9.23 Å². The molecule has 0 fully saturated rings. The molecule has 78 valence electrons. The number of benzene rings is 1. The molecule has 0 aliphatic rings. The minimum absolute atomic E-state index is 0. The van der Waals surface area contributed by atoms with Gasteiger partial charge >= 0.3 is 58.4 Å². The van der Waals surface area contributed by atoms with Crippen molar-refractivity contribution in [3.05, 3.63) is 29.8 Å². The zero-order chi connectivity index (χ0) is 10.8. The van der Waals surface area contributed by atoms with Gasteiger partial charge in [0, 0.05) is 0 Å². The first-order valence-electron chi connectivity index (χ1n) is 3.68. The van der Waals surface area contributed by atoms with Gasteiger partial charge in [-0.15, -0.1) is 0 Å². The maximum atomic E-state index is 12.7. The number of rotatable bonds is 3. The molecule has 15 heavy (non-hydrogen) atoms. The summed E-state index contributed by atoms with van der Waals surface area (Å²) in [7, 11) is 0. The van der Waals surface area contributed by atoms with Crippen LogP contribution < -0.4 is 56.1 Å². The Bertz CT molecular complexity index is 330. The molecule has 0 saturated heterocycles. The van der Waals surface area contributed by atoms with E-state index in [0.29, 0.717) is 0 Å².